The molecule has 0 spiro atoms. The summed E-state index contributed by atoms with van der Waals surface area (Å²) in [5, 5.41) is 106. The summed E-state index contributed by atoms with van der Waals surface area (Å²) in [5.74, 6) is 5.86. The van der Waals surface area contributed by atoms with E-state index in [0.717, 1.165) is 159 Å². The second kappa shape index (κ2) is 140. The van der Waals surface area contributed by atoms with Gasteiger partial charge in [-0.2, -0.15) is 0 Å². The largest absolute Gasteiger partial charge is 0.393 e. The van der Waals surface area contributed by atoms with E-state index in [2.05, 4.69) is 201 Å². The van der Waals surface area contributed by atoms with Gasteiger partial charge < -0.3 is 56.2 Å². The van der Waals surface area contributed by atoms with Crippen LogP contribution in [0.15, 0.2) is 0 Å². The highest BCUT2D eigenvalue weighted by Crippen LogP contribution is 2.33. The van der Waals surface area contributed by atoms with Crippen molar-refractivity contribution in [3.05, 3.63) is 0 Å². The van der Waals surface area contributed by atoms with Crippen LogP contribution in [0.5, 0.6) is 0 Å². The first-order valence-electron chi connectivity index (χ1n) is 64.2. The summed E-state index contributed by atoms with van der Waals surface area (Å²) in [7, 11) is 0. The number of aliphatic hydroxyl groups excluding tert-OH is 11. The van der Waals surface area contributed by atoms with E-state index in [1.54, 1.807) is 0 Å². The first-order valence-corrected chi connectivity index (χ1v) is 64.2. The fraction of sp³-hybridized carbons (Fsp3) is 1.00. The average Bonchev–Trinajstić information content (AvgIpc) is 0.887. The third kappa shape index (κ3) is 140. The molecule has 0 saturated carbocycles. The standard InChI is InChI=1S/2C19H40O.2C15H32O.C13H28O.C11H24O.C10H22O.C9H20O.2C7H16O.C5H12O/c1-5-9-11-17(7-3)13-15-19(20)16-14-18(8-4)12-10-6-2;1-5-9-13-17(14-10-6-2)19(20)18(15-11-7-3)16-12-8-4;1-5-9-11-13(7-3)15(16)14(8-4)12-10-6-2;1-4-7-9-11-15(16)13-12-14(6-3)10-8-5-2;1-4-7-9-11-13(14)12(6-3)10-8-5-2;1-3-5-7-9-11(12)10-8-6-4-2;1-4-5-6-7-10(11)8-9(2)3;1-3-5-6-8-9(10)7-4-2;1-3-4-5-6-7(2)8;1-3-5-7(8)6-4-2;1-3-4-5(2)6/h2*17-20H,5-16H2,1-4H3;13-16H,5-12H2,1-4H3;14-16H,4-13H2,1-3H3;12-14H,4-11H2,1-3H3;11-12H,3-10H2,1-2H3;9-11H,4-8H2,1-3H3;9-10H,3-8H2,1-2H3;2*7-8H,3-6H2,1-2H3;5-6H,3-4H2,1-2H3. The van der Waals surface area contributed by atoms with Crippen molar-refractivity contribution in [2.45, 2.75) is 789 Å². The summed E-state index contributed by atoms with van der Waals surface area (Å²) in [6.07, 6.45) is 93.7. The molecule has 0 aliphatic heterocycles. The molecule has 12 atom stereocenters. The predicted molar refractivity (Wildman–Crippen MR) is 638 cm³/mol. The lowest BCUT2D eigenvalue weighted by Crippen LogP contribution is -2.29. The van der Waals surface area contributed by atoms with Crippen LogP contribution in [0, 0.1) is 53.3 Å². The number of rotatable bonds is 88. The van der Waals surface area contributed by atoms with E-state index >= 15 is 0 Å². The summed E-state index contributed by atoms with van der Waals surface area (Å²) in [6.45, 7) is 67.7. The van der Waals surface area contributed by atoms with Crippen LogP contribution >= 0.6 is 0 Å². The molecule has 0 aromatic carbocycles. The Morgan fingerprint density at radius 2 is 0.326 bits per heavy atom. The summed E-state index contributed by atoms with van der Waals surface area (Å²) >= 11 is 0. The summed E-state index contributed by atoms with van der Waals surface area (Å²) in [6, 6.07) is 0. The van der Waals surface area contributed by atoms with Crippen molar-refractivity contribution in [2.75, 3.05) is 0 Å². The van der Waals surface area contributed by atoms with Crippen LogP contribution in [-0.4, -0.2) is 123 Å². The molecule has 0 rings (SSSR count). The fourth-order valence-electron chi connectivity index (χ4n) is 18.8. The topological polar surface area (TPSA) is 223 Å². The summed E-state index contributed by atoms with van der Waals surface area (Å²) in [4.78, 5) is 0. The third-order valence-electron chi connectivity index (χ3n) is 29.3. The maximum atomic E-state index is 10.9. The van der Waals surface area contributed by atoms with Gasteiger partial charge in [-0.25, -0.2) is 0 Å². The molecule has 12 unspecified atom stereocenters. The molecule has 0 aromatic rings. The zero-order chi connectivity index (χ0) is 109. The van der Waals surface area contributed by atoms with Crippen LogP contribution in [0.4, 0.5) is 0 Å². The highest BCUT2D eigenvalue weighted by atomic mass is 16.3. The molecule has 141 heavy (non-hydrogen) atoms. The van der Waals surface area contributed by atoms with Gasteiger partial charge in [-0.05, 0) is 228 Å². The van der Waals surface area contributed by atoms with Gasteiger partial charge in [0.2, 0.25) is 0 Å². The van der Waals surface area contributed by atoms with Gasteiger partial charge in [-0.3, -0.25) is 0 Å². The fourth-order valence-corrected chi connectivity index (χ4v) is 18.8. The quantitative estimate of drug-likeness (QED) is 0.0257. The van der Waals surface area contributed by atoms with Crippen LogP contribution in [0.3, 0.4) is 0 Å². The second-order valence-corrected chi connectivity index (χ2v) is 44.4. The molecule has 11 nitrogen and oxygen atoms in total. The normalized spacial score (nSPS) is 14.1. The number of aliphatic hydroxyl groups is 11. The highest BCUT2D eigenvalue weighted by Gasteiger charge is 2.28. The molecule has 0 heterocycles. The van der Waals surface area contributed by atoms with Gasteiger partial charge >= 0.3 is 0 Å². The highest BCUT2D eigenvalue weighted by molar-refractivity contribution is 4.79. The van der Waals surface area contributed by atoms with Crippen LogP contribution in [-0.2, 0) is 0 Å². The van der Waals surface area contributed by atoms with Crippen LogP contribution in [0.2, 0.25) is 0 Å². The molecular formula is C130H282O11. The molecule has 0 radical (unpaired) electrons. The van der Waals surface area contributed by atoms with Crippen LogP contribution < -0.4 is 0 Å². The first kappa shape index (κ1) is 163. The van der Waals surface area contributed by atoms with Crippen molar-refractivity contribution in [1.29, 1.82) is 0 Å². The average molecular weight is 2020 g/mol. The molecule has 0 aliphatic rings. The van der Waals surface area contributed by atoms with Gasteiger partial charge in [0.1, 0.15) is 0 Å². The minimum atomic E-state index is -0.102. The Morgan fingerprint density at radius 1 is 0.135 bits per heavy atom. The van der Waals surface area contributed by atoms with E-state index in [1.807, 2.05) is 13.8 Å². The van der Waals surface area contributed by atoms with E-state index in [-0.39, 0.29) is 67.1 Å². The maximum absolute atomic E-state index is 10.9. The zero-order valence-electron chi connectivity index (χ0n) is 103. The molecule has 868 valence electrons. The van der Waals surface area contributed by atoms with E-state index in [9.17, 15) is 40.9 Å². The Kier molecular flexibility index (Phi) is 161. The molecule has 0 aliphatic carbocycles. The smallest absolute Gasteiger partial charge is 0.0596 e. The van der Waals surface area contributed by atoms with Gasteiger partial charge in [-0.1, -0.05) is 548 Å². The lowest BCUT2D eigenvalue weighted by Gasteiger charge is -2.30. The minimum absolute atomic E-state index is 0.0249. The Labute approximate surface area is 893 Å². The van der Waals surface area contributed by atoms with Crippen molar-refractivity contribution in [3.8, 4) is 0 Å². The number of hydrogen-bond acceptors (Lipinski definition) is 11. The van der Waals surface area contributed by atoms with Crippen molar-refractivity contribution < 1.29 is 56.2 Å². The van der Waals surface area contributed by atoms with Crippen molar-refractivity contribution in [2.24, 2.45) is 53.3 Å². The molecule has 0 amide bonds. The SMILES string of the molecule is CCCC(C)O.CCCC(O)CCC.CCCCC(CC)C(O)C(CC)CCCC.CCCCC(CC)CCC(O)CCC(CC)CCCC.CCCCC(CCCC)C(O)C(CCCC)CCCC.CCCCCC(C)O.CCCCCC(O)C(CC)CCCC.CCCCCC(O)CC(C)C.CCCCCC(O)CCC.CCCCCC(O)CCC(CC)CCCC.CCCCCC(O)CCCCC. The van der Waals surface area contributed by atoms with Gasteiger partial charge in [0.25, 0.3) is 0 Å². The Hall–Kier alpha value is -0.440. The molecule has 11 N–H and O–H groups in total. The first-order chi connectivity index (χ1) is 67.7. The number of unbranched alkanes of at least 4 members (excludes halogenated alkanes) is 24. The van der Waals surface area contributed by atoms with Gasteiger partial charge in [-0.15, -0.1) is 0 Å². The molecule has 11 heteroatoms. The molecule has 0 aromatic heterocycles. The van der Waals surface area contributed by atoms with Crippen molar-refractivity contribution in [1.82, 2.24) is 0 Å². The van der Waals surface area contributed by atoms with Crippen LogP contribution in [0.1, 0.15) is 722 Å². The molecular weight excluding hydrogens is 1740 g/mol. The monoisotopic (exact) mass is 2020 g/mol. The van der Waals surface area contributed by atoms with Crippen molar-refractivity contribution >= 4 is 0 Å². The Morgan fingerprint density at radius 3 is 0.546 bits per heavy atom. The van der Waals surface area contributed by atoms with Crippen molar-refractivity contribution in [3.63, 3.8) is 0 Å². The van der Waals surface area contributed by atoms with Gasteiger partial charge in [0.05, 0.1) is 67.1 Å². The third-order valence-corrected chi connectivity index (χ3v) is 29.3. The van der Waals surface area contributed by atoms with E-state index in [0.29, 0.717) is 35.5 Å². The second-order valence-electron chi connectivity index (χ2n) is 44.4. The molecule has 0 saturated heterocycles. The Bertz CT molecular complexity index is 1940. The van der Waals surface area contributed by atoms with Gasteiger partial charge in [0.15, 0.2) is 0 Å². The molecule has 0 bridgehead atoms. The van der Waals surface area contributed by atoms with E-state index in [4.69, 9.17) is 15.3 Å². The lowest BCUT2D eigenvalue weighted by atomic mass is 9.80. The molecule has 0 fully saturated rings. The van der Waals surface area contributed by atoms with E-state index in [1.165, 1.54) is 366 Å². The Balaban J connectivity index is -0.000000149. The number of hydrogen-bond donors (Lipinski definition) is 11. The van der Waals surface area contributed by atoms with Crippen LogP contribution in [0.25, 0.3) is 0 Å². The zero-order valence-corrected chi connectivity index (χ0v) is 103. The predicted octanol–water partition coefficient (Wildman–Crippen LogP) is 40.8. The minimum Gasteiger partial charge on any atom is -0.393 e. The maximum Gasteiger partial charge on any atom is 0.0596 e. The summed E-state index contributed by atoms with van der Waals surface area (Å²) < 4.78 is 0. The van der Waals surface area contributed by atoms with E-state index < -0.39 is 0 Å². The summed E-state index contributed by atoms with van der Waals surface area (Å²) in [5.41, 5.74) is 0. The van der Waals surface area contributed by atoms with Gasteiger partial charge in [0, 0.05) is 0 Å². The lowest BCUT2D eigenvalue weighted by molar-refractivity contribution is 0.0311.